The Morgan fingerprint density at radius 3 is 3.04 bits per heavy atom. The molecule has 3 rings (SSSR count). The predicted molar refractivity (Wildman–Crippen MR) is 88.8 cm³/mol. The summed E-state index contributed by atoms with van der Waals surface area (Å²) in [6.07, 6.45) is 3.78. The average molecular weight is 332 g/mol. The van der Waals surface area contributed by atoms with Crippen LogP contribution in [0.5, 0.6) is 0 Å². The van der Waals surface area contributed by atoms with Crippen molar-refractivity contribution in [3.63, 3.8) is 0 Å². The van der Waals surface area contributed by atoms with E-state index >= 15 is 0 Å². The van der Waals surface area contributed by atoms with Crippen molar-refractivity contribution in [3.8, 4) is 0 Å². The largest absolute Gasteiger partial charge is 0.369 e. The van der Waals surface area contributed by atoms with E-state index in [1.54, 1.807) is 12.3 Å². The van der Waals surface area contributed by atoms with Gasteiger partial charge in [0.25, 0.3) is 0 Å². The first-order valence-corrected chi connectivity index (χ1v) is 8.07. The van der Waals surface area contributed by atoms with Crippen LogP contribution in [0.3, 0.4) is 0 Å². The molecule has 7 heteroatoms. The van der Waals surface area contributed by atoms with Crippen LogP contribution in [0, 0.1) is 5.82 Å². The number of piperidine rings is 1. The van der Waals surface area contributed by atoms with Crippen LogP contribution in [-0.4, -0.2) is 47.4 Å². The van der Waals surface area contributed by atoms with Crippen molar-refractivity contribution in [3.05, 3.63) is 35.8 Å². The summed E-state index contributed by atoms with van der Waals surface area (Å²) in [6, 6.07) is 4.51. The van der Waals surface area contributed by atoms with Gasteiger partial charge in [0.1, 0.15) is 5.82 Å². The van der Waals surface area contributed by atoms with Gasteiger partial charge in [0.15, 0.2) is 0 Å². The maximum atomic E-state index is 13.2. The molecule has 1 aromatic carbocycles. The van der Waals surface area contributed by atoms with Gasteiger partial charge in [0.2, 0.25) is 11.8 Å². The Morgan fingerprint density at radius 2 is 2.25 bits per heavy atom. The van der Waals surface area contributed by atoms with Crippen LogP contribution in [0.2, 0.25) is 0 Å². The SMILES string of the molecule is NC(=O)CN1CCC[C@@H](NC(=O)Cc2c[nH]c3cc(F)ccc23)C1. The van der Waals surface area contributed by atoms with E-state index in [1.807, 2.05) is 4.90 Å². The normalized spacial score (nSPS) is 18.6. The topological polar surface area (TPSA) is 91.2 Å². The Balaban J connectivity index is 1.59. The number of carbonyl (C=O) groups excluding carboxylic acids is 2. The highest BCUT2D eigenvalue weighted by Crippen LogP contribution is 2.20. The van der Waals surface area contributed by atoms with Crippen LogP contribution >= 0.6 is 0 Å². The van der Waals surface area contributed by atoms with Crippen molar-refractivity contribution < 1.29 is 14.0 Å². The van der Waals surface area contributed by atoms with Crippen molar-refractivity contribution in [1.82, 2.24) is 15.2 Å². The molecule has 128 valence electrons. The molecular weight excluding hydrogens is 311 g/mol. The van der Waals surface area contributed by atoms with Gasteiger partial charge in [-0.2, -0.15) is 0 Å². The molecule has 2 amide bonds. The molecule has 0 aliphatic carbocycles. The number of likely N-dealkylation sites (tertiary alicyclic amines) is 1. The first-order valence-electron chi connectivity index (χ1n) is 8.07. The molecule has 6 nitrogen and oxygen atoms in total. The molecule has 1 aliphatic rings. The van der Waals surface area contributed by atoms with Gasteiger partial charge in [-0.3, -0.25) is 14.5 Å². The number of hydrogen-bond donors (Lipinski definition) is 3. The standard InChI is InChI=1S/C17H21FN4O2/c18-12-3-4-14-11(8-20-15(14)7-12)6-17(24)21-13-2-1-5-22(9-13)10-16(19)23/h3-4,7-8,13,20H,1-2,5-6,9-10H2,(H2,19,23)(H,21,24)/t13-/m1/s1. The molecule has 1 atom stereocenters. The van der Waals surface area contributed by atoms with Crippen LogP contribution in [0.25, 0.3) is 10.9 Å². The predicted octanol–water partition coefficient (Wildman–Crippen LogP) is 0.915. The molecule has 0 radical (unpaired) electrons. The maximum Gasteiger partial charge on any atom is 0.231 e. The number of H-pyrrole nitrogens is 1. The zero-order valence-electron chi connectivity index (χ0n) is 13.3. The Morgan fingerprint density at radius 1 is 1.42 bits per heavy atom. The zero-order valence-corrected chi connectivity index (χ0v) is 13.3. The van der Waals surface area contributed by atoms with E-state index in [-0.39, 0.29) is 36.6 Å². The number of carbonyl (C=O) groups is 2. The Bertz CT molecular complexity index is 758. The van der Waals surface area contributed by atoms with Crippen molar-refractivity contribution in [2.75, 3.05) is 19.6 Å². The molecule has 1 saturated heterocycles. The molecule has 1 fully saturated rings. The molecule has 0 bridgehead atoms. The summed E-state index contributed by atoms with van der Waals surface area (Å²) in [5, 5.41) is 3.87. The summed E-state index contributed by atoms with van der Waals surface area (Å²) >= 11 is 0. The van der Waals surface area contributed by atoms with E-state index < -0.39 is 0 Å². The number of nitrogens with two attached hydrogens (primary N) is 1. The van der Waals surface area contributed by atoms with Gasteiger partial charge < -0.3 is 16.0 Å². The van der Waals surface area contributed by atoms with Gasteiger partial charge in [-0.15, -0.1) is 0 Å². The maximum absolute atomic E-state index is 13.2. The Kier molecular flexibility index (Phi) is 4.80. The third-order valence-corrected chi connectivity index (χ3v) is 4.33. The molecule has 0 spiro atoms. The molecule has 24 heavy (non-hydrogen) atoms. The monoisotopic (exact) mass is 332 g/mol. The van der Waals surface area contributed by atoms with Gasteiger partial charge >= 0.3 is 0 Å². The minimum atomic E-state index is -0.354. The van der Waals surface area contributed by atoms with E-state index in [0.717, 1.165) is 30.3 Å². The number of amides is 2. The van der Waals surface area contributed by atoms with E-state index in [2.05, 4.69) is 10.3 Å². The first kappa shape index (κ1) is 16.4. The van der Waals surface area contributed by atoms with Gasteiger partial charge in [0, 0.05) is 29.7 Å². The molecule has 0 unspecified atom stereocenters. The Labute approximate surface area is 139 Å². The van der Waals surface area contributed by atoms with Gasteiger partial charge in [0.05, 0.1) is 13.0 Å². The molecule has 1 aromatic heterocycles. The average Bonchev–Trinajstić information content (AvgIpc) is 2.88. The molecule has 1 aliphatic heterocycles. The van der Waals surface area contributed by atoms with Crippen molar-refractivity contribution >= 4 is 22.7 Å². The number of rotatable bonds is 5. The second-order valence-electron chi connectivity index (χ2n) is 6.29. The molecular formula is C17H21FN4O2. The second kappa shape index (κ2) is 7.00. The number of nitrogens with zero attached hydrogens (tertiary/aromatic N) is 1. The van der Waals surface area contributed by atoms with Gasteiger partial charge in [-0.05, 0) is 43.1 Å². The highest BCUT2D eigenvalue weighted by molar-refractivity contribution is 5.89. The lowest BCUT2D eigenvalue weighted by atomic mass is 10.0. The summed E-state index contributed by atoms with van der Waals surface area (Å²) in [5.41, 5.74) is 6.75. The lowest BCUT2D eigenvalue weighted by molar-refractivity contribution is -0.121. The number of primary amides is 1. The van der Waals surface area contributed by atoms with Crippen LogP contribution in [0.4, 0.5) is 4.39 Å². The number of hydrogen-bond acceptors (Lipinski definition) is 3. The molecule has 4 N–H and O–H groups in total. The lowest BCUT2D eigenvalue weighted by Crippen LogP contribution is -2.49. The molecule has 2 heterocycles. The van der Waals surface area contributed by atoms with E-state index in [9.17, 15) is 14.0 Å². The summed E-state index contributed by atoms with van der Waals surface area (Å²) in [6.45, 7) is 1.68. The number of benzene rings is 1. The van der Waals surface area contributed by atoms with Crippen molar-refractivity contribution in [2.45, 2.75) is 25.3 Å². The lowest BCUT2D eigenvalue weighted by Gasteiger charge is -2.32. The minimum absolute atomic E-state index is 0.0215. The number of aromatic nitrogens is 1. The van der Waals surface area contributed by atoms with E-state index in [0.29, 0.717) is 12.1 Å². The highest BCUT2D eigenvalue weighted by Gasteiger charge is 2.22. The third-order valence-electron chi connectivity index (χ3n) is 4.33. The summed E-state index contributed by atoms with van der Waals surface area (Å²) in [4.78, 5) is 28.3. The number of fused-ring (bicyclic) bond motifs is 1. The number of nitrogens with one attached hydrogen (secondary N) is 2. The fourth-order valence-electron chi connectivity index (χ4n) is 3.29. The number of halogens is 1. The number of aromatic amines is 1. The van der Waals surface area contributed by atoms with Crippen LogP contribution in [0.15, 0.2) is 24.4 Å². The fourth-order valence-corrected chi connectivity index (χ4v) is 3.29. The highest BCUT2D eigenvalue weighted by atomic mass is 19.1. The third kappa shape index (κ3) is 3.91. The second-order valence-corrected chi connectivity index (χ2v) is 6.29. The minimum Gasteiger partial charge on any atom is -0.369 e. The molecule has 0 saturated carbocycles. The first-order chi connectivity index (χ1) is 11.5. The summed E-state index contributed by atoms with van der Waals surface area (Å²) < 4.78 is 13.2. The summed E-state index contributed by atoms with van der Waals surface area (Å²) in [7, 11) is 0. The molecule has 2 aromatic rings. The van der Waals surface area contributed by atoms with Crippen LogP contribution in [0.1, 0.15) is 18.4 Å². The van der Waals surface area contributed by atoms with Crippen LogP contribution in [-0.2, 0) is 16.0 Å². The zero-order chi connectivity index (χ0) is 17.1. The van der Waals surface area contributed by atoms with Crippen LogP contribution < -0.4 is 11.1 Å². The van der Waals surface area contributed by atoms with E-state index in [1.165, 1.54) is 12.1 Å². The van der Waals surface area contributed by atoms with E-state index in [4.69, 9.17) is 5.73 Å². The van der Waals surface area contributed by atoms with Crippen molar-refractivity contribution in [2.24, 2.45) is 5.73 Å². The summed E-state index contributed by atoms with van der Waals surface area (Å²) in [5.74, 6) is -0.740. The quantitative estimate of drug-likeness (QED) is 0.760. The smallest absolute Gasteiger partial charge is 0.231 e. The van der Waals surface area contributed by atoms with Crippen molar-refractivity contribution in [1.29, 1.82) is 0 Å². The van der Waals surface area contributed by atoms with Gasteiger partial charge in [-0.1, -0.05) is 0 Å². The fraction of sp³-hybridized carbons (Fsp3) is 0.412. The Hall–Kier alpha value is -2.41. The van der Waals surface area contributed by atoms with Gasteiger partial charge in [-0.25, -0.2) is 4.39 Å².